The molecule has 17 heavy (non-hydrogen) atoms. The first kappa shape index (κ1) is 12.1. The molecule has 1 fully saturated rings. The highest BCUT2D eigenvalue weighted by atomic mass is 16.2. The number of nitrogens with one attached hydrogen (secondary N) is 1. The highest BCUT2D eigenvalue weighted by Crippen LogP contribution is 2.29. The second kappa shape index (κ2) is 5.31. The van der Waals surface area contributed by atoms with Crippen LogP contribution in [0.2, 0.25) is 0 Å². The van der Waals surface area contributed by atoms with E-state index < -0.39 is 0 Å². The van der Waals surface area contributed by atoms with Crippen LogP contribution in [0, 0.1) is 5.92 Å². The number of rotatable bonds is 5. The van der Waals surface area contributed by atoms with Gasteiger partial charge in [0.25, 0.3) is 5.91 Å². The van der Waals surface area contributed by atoms with Crippen LogP contribution in [0.25, 0.3) is 0 Å². The first-order valence-electron chi connectivity index (χ1n) is 6.23. The van der Waals surface area contributed by atoms with E-state index in [0.717, 1.165) is 0 Å². The second-order valence-electron chi connectivity index (χ2n) is 4.74. The van der Waals surface area contributed by atoms with Crippen molar-refractivity contribution >= 4 is 5.91 Å². The molecule has 1 amide bonds. The molecule has 1 heterocycles. The molecule has 0 aliphatic heterocycles. The van der Waals surface area contributed by atoms with Crippen LogP contribution in [0.1, 0.15) is 36.7 Å². The Kier molecular flexibility index (Phi) is 3.78. The van der Waals surface area contributed by atoms with Crippen molar-refractivity contribution in [2.75, 3.05) is 6.54 Å². The summed E-state index contributed by atoms with van der Waals surface area (Å²) in [6.45, 7) is 3.31. The van der Waals surface area contributed by atoms with Crippen molar-refractivity contribution in [2.24, 2.45) is 11.7 Å². The number of carbonyl (C=O) groups is 1. The molecule has 0 saturated heterocycles. The van der Waals surface area contributed by atoms with Gasteiger partial charge in [-0.2, -0.15) is 0 Å². The SMILES string of the molecule is CC(NC(=O)c1cn(CCN)cn1)C1CCC1. The Balaban J connectivity index is 1.89. The molecular weight excluding hydrogens is 216 g/mol. The fourth-order valence-corrected chi connectivity index (χ4v) is 2.09. The van der Waals surface area contributed by atoms with E-state index in [-0.39, 0.29) is 11.9 Å². The third-order valence-corrected chi connectivity index (χ3v) is 3.47. The molecule has 0 spiro atoms. The van der Waals surface area contributed by atoms with E-state index in [9.17, 15) is 4.79 Å². The standard InChI is InChI=1S/C12H20N4O/c1-9(10-3-2-4-10)15-12(17)11-7-16(6-5-13)8-14-11/h7-10H,2-6,13H2,1H3,(H,15,17). The molecule has 0 radical (unpaired) electrons. The second-order valence-corrected chi connectivity index (χ2v) is 4.74. The normalized spacial score (nSPS) is 17.5. The van der Waals surface area contributed by atoms with Gasteiger partial charge in [0.2, 0.25) is 0 Å². The molecule has 0 aromatic carbocycles. The lowest BCUT2D eigenvalue weighted by atomic mass is 9.80. The molecule has 1 aromatic rings. The lowest BCUT2D eigenvalue weighted by Gasteiger charge is -2.31. The smallest absolute Gasteiger partial charge is 0.271 e. The molecule has 1 aromatic heterocycles. The maximum absolute atomic E-state index is 11.9. The summed E-state index contributed by atoms with van der Waals surface area (Å²) in [6.07, 6.45) is 7.13. The number of carbonyl (C=O) groups excluding carboxylic acids is 1. The van der Waals surface area contributed by atoms with E-state index in [2.05, 4.69) is 17.2 Å². The van der Waals surface area contributed by atoms with E-state index in [4.69, 9.17) is 5.73 Å². The minimum Gasteiger partial charge on any atom is -0.348 e. The predicted octanol–water partition coefficient (Wildman–Crippen LogP) is 0.760. The number of nitrogens with zero attached hydrogens (tertiary/aromatic N) is 2. The van der Waals surface area contributed by atoms with E-state index >= 15 is 0 Å². The molecule has 2 rings (SSSR count). The zero-order chi connectivity index (χ0) is 12.3. The van der Waals surface area contributed by atoms with Gasteiger partial charge in [0.1, 0.15) is 5.69 Å². The molecule has 1 aliphatic rings. The van der Waals surface area contributed by atoms with Crippen LogP contribution in [-0.2, 0) is 6.54 Å². The summed E-state index contributed by atoms with van der Waals surface area (Å²) in [5.74, 6) is 0.560. The molecule has 0 bridgehead atoms. The van der Waals surface area contributed by atoms with Crippen LogP contribution in [0.4, 0.5) is 0 Å². The third kappa shape index (κ3) is 2.85. The summed E-state index contributed by atoms with van der Waals surface area (Å²) in [4.78, 5) is 16.0. The fraction of sp³-hybridized carbons (Fsp3) is 0.667. The van der Waals surface area contributed by atoms with Crippen LogP contribution in [0.3, 0.4) is 0 Å². The van der Waals surface area contributed by atoms with Crippen LogP contribution in [0.15, 0.2) is 12.5 Å². The molecule has 1 atom stereocenters. The van der Waals surface area contributed by atoms with Crippen molar-refractivity contribution in [3.63, 3.8) is 0 Å². The van der Waals surface area contributed by atoms with Gasteiger partial charge < -0.3 is 15.6 Å². The largest absolute Gasteiger partial charge is 0.348 e. The van der Waals surface area contributed by atoms with Crippen LogP contribution >= 0.6 is 0 Å². The highest BCUT2D eigenvalue weighted by molar-refractivity contribution is 5.92. The number of aromatic nitrogens is 2. The fourth-order valence-electron chi connectivity index (χ4n) is 2.09. The lowest BCUT2D eigenvalue weighted by Crippen LogP contribution is -2.40. The number of hydrogen-bond donors (Lipinski definition) is 2. The Morgan fingerprint density at radius 2 is 2.47 bits per heavy atom. The Morgan fingerprint density at radius 1 is 1.71 bits per heavy atom. The highest BCUT2D eigenvalue weighted by Gasteiger charge is 2.25. The predicted molar refractivity (Wildman–Crippen MR) is 65.6 cm³/mol. The van der Waals surface area contributed by atoms with Crippen molar-refractivity contribution in [1.82, 2.24) is 14.9 Å². The van der Waals surface area contributed by atoms with Gasteiger partial charge in [-0.1, -0.05) is 6.42 Å². The van der Waals surface area contributed by atoms with Crippen molar-refractivity contribution in [3.05, 3.63) is 18.2 Å². The Bertz CT molecular complexity index is 384. The molecular formula is C12H20N4O. The number of amides is 1. The van der Waals surface area contributed by atoms with Crippen molar-refractivity contribution in [1.29, 1.82) is 0 Å². The zero-order valence-electron chi connectivity index (χ0n) is 10.2. The number of imidazole rings is 1. The van der Waals surface area contributed by atoms with Crippen LogP contribution in [0.5, 0.6) is 0 Å². The maximum Gasteiger partial charge on any atom is 0.271 e. The van der Waals surface area contributed by atoms with Gasteiger partial charge in [0.05, 0.1) is 6.33 Å². The maximum atomic E-state index is 11.9. The first-order valence-corrected chi connectivity index (χ1v) is 6.23. The Hall–Kier alpha value is -1.36. The summed E-state index contributed by atoms with van der Waals surface area (Å²) < 4.78 is 1.84. The quantitative estimate of drug-likeness (QED) is 0.792. The van der Waals surface area contributed by atoms with Gasteiger partial charge in [-0.05, 0) is 25.7 Å². The van der Waals surface area contributed by atoms with Gasteiger partial charge in [-0.15, -0.1) is 0 Å². The summed E-state index contributed by atoms with van der Waals surface area (Å²) in [7, 11) is 0. The minimum atomic E-state index is -0.0832. The van der Waals surface area contributed by atoms with E-state index in [1.165, 1.54) is 19.3 Å². The van der Waals surface area contributed by atoms with E-state index in [1.807, 2.05) is 4.57 Å². The summed E-state index contributed by atoms with van der Waals surface area (Å²) >= 11 is 0. The Morgan fingerprint density at radius 3 is 3.06 bits per heavy atom. The number of nitrogens with two attached hydrogens (primary N) is 1. The van der Waals surface area contributed by atoms with Crippen LogP contribution in [-0.4, -0.2) is 28.0 Å². The monoisotopic (exact) mass is 236 g/mol. The van der Waals surface area contributed by atoms with Crippen molar-refractivity contribution < 1.29 is 4.79 Å². The summed E-state index contributed by atoms with van der Waals surface area (Å²) in [6, 6.07) is 0.246. The van der Waals surface area contributed by atoms with Crippen molar-refractivity contribution in [2.45, 2.75) is 38.8 Å². The van der Waals surface area contributed by atoms with E-state index in [0.29, 0.717) is 24.7 Å². The van der Waals surface area contributed by atoms with Gasteiger partial charge >= 0.3 is 0 Å². The molecule has 5 nitrogen and oxygen atoms in total. The van der Waals surface area contributed by atoms with Gasteiger partial charge in [0.15, 0.2) is 0 Å². The topological polar surface area (TPSA) is 72.9 Å². The Labute approximate surface area is 101 Å². The molecule has 94 valence electrons. The number of hydrogen-bond acceptors (Lipinski definition) is 3. The average molecular weight is 236 g/mol. The molecule has 5 heteroatoms. The van der Waals surface area contributed by atoms with E-state index in [1.54, 1.807) is 12.5 Å². The van der Waals surface area contributed by atoms with Gasteiger partial charge in [0, 0.05) is 25.3 Å². The summed E-state index contributed by atoms with van der Waals surface area (Å²) in [5, 5.41) is 3.01. The molecule has 1 aliphatic carbocycles. The first-order chi connectivity index (χ1) is 8.20. The van der Waals surface area contributed by atoms with Gasteiger partial charge in [-0.25, -0.2) is 4.98 Å². The molecule has 3 N–H and O–H groups in total. The minimum absolute atomic E-state index is 0.0832. The summed E-state index contributed by atoms with van der Waals surface area (Å²) in [5.41, 5.74) is 5.92. The zero-order valence-corrected chi connectivity index (χ0v) is 10.2. The molecule has 1 saturated carbocycles. The average Bonchev–Trinajstić information content (AvgIpc) is 2.64. The van der Waals surface area contributed by atoms with Crippen LogP contribution < -0.4 is 11.1 Å². The third-order valence-electron chi connectivity index (χ3n) is 3.47. The van der Waals surface area contributed by atoms with Crippen molar-refractivity contribution in [3.8, 4) is 0 Å². The van der Waals surface area contributed by atoms with Gasteiger partial charge in [-0.3, -0.25) is 4.79 Å². The lowest BCUT2D eigenvalue weighted by molar-refractivity contribution is 0.0904. The molecule has 1 unspecified atom stereocenters.